The third kappa shape index (κ3) is 2.70. The first-order valence-corrected chi connectivity index (χ1v) is 8.78. The molecule has 3 heteroatoms. The van der Waals surface area contributed by atoms with Crippen molar-refractivity contribution in [3.63, 3.8) is 0 Å². The van der Waals surface area contributed by atoms with Crippen molar-refractivity contribution in [1.82, 2.24) is 4.98 Å². The van der Waals surface area contributed by atoms with Crippen molar-refractivity contribution in [1.29, 1.82) is 0 Å². The molecule has 0 unspecified atom stereocenters. The summed E-state index contributed by atoms with van der Waals surface area (Å²) in [5, 5.41) is 3.75. The van der Waals surface area contributed by atoms with Gasteiger partial charge in [-0.2, -0.15) is 0 Å². The van der Waals surface area contributed by atoms with Crippen molar-refractivity contribution in [2.24, 2.45) is 0 Å². The van der Waals surface area contributed by atoms with E-state index >= 15 is 0 Å². The minimum Gasteiger partial charge on any atom is -0.423 e. The van der Waals surface area contributed by atoms with Crippen molar-refractivity contribution in [3.05, 3.63) is 96.6 Å². The average molecular weight is 349 g/mol. The molecule has 0 aliphatic carbocycles. The number of rotatable bonds is 2. The van der Waals surface area contributed by atoms with Gasteiger partial charge in [-0.3, -0.25) is 0 Å². The number of para-hydroxylation sites is 2. The zero-order valence-corrected chi connectivity index (χ0v) is 14.4. The molecule has 0 N–H and O–H groups in total. The maximum absolute atomic E-state index is 13.1. The Labute approximate surface area is 155 Å². The lowest BCUT2D eigenvalue weighted by Gasteiger charge is -2.11. The minimum absolute atomic E-state index is 0.375. The summed E-state index contributed by atoms with van der Waals surface area (Å²) < 4.78 is 5.66. The van der Waals surface area contributed by atoms with Gasteiger partial charge in [-0.1, -0.05) is 60.7 Å². The second kappa shape index (κ2) is 6.22. The number of carbonyl (C=O) groups excluding carboxylic acids is 1. The van der Waals surface area contributed by atoms with Crippen molar-refractivity contribution < 1.29 is 9.53 Å². The summed E-state index contributed by atoms with van der Waals surface area (Å²) in [6.45, 7) is 0. The van der Waals surface area contributed by atoms with Crippen molar-refractivity contribution in [2.75, 3.05) is 0 Å². The Hall–Kier alpha value is -3.72. The summed E-state index contributed by atoms with van der Waals surface area (Å²) >= 11 is 0. The number of ether oxygens (including phenoxy) is 1. The number of fused-ring (bicyclic) bond motifs is 3. The molecule has 0 radical (unpaired) electrons. The number of carbonyl (C=O) groups is 1. The lowest BCUT2D eigenvalue weighted by Crippen LogP contribution is -2.10. The van der Waals surface area contributed by atoms with Crippen LogP contribution in [0, 0.1) is 0 Å². The molecule has 0 aliphatic heterocycles. The average Bonchev–Trinajstić information content (AvgIpc) is 2.71. The molecule has 0 spiro atoms. The van der Waals surface area contributed by atoms with Crippen LogP contribution in [0.1, 0.15) is 10.4 Å². The Kier molecular flexibility index (Phi) is 3.58. The minimum atomic E-state index is -0.375. The van der Waals surface area contributed by atoms with E-state index in [9.17, 15) is 4.79 Å². The van der Waals surface area contributed by atoms with Crippen LogP contribution in [0.5, 0.6) is 5.75 Å². The van der Waals surface area contributed by atoms with Gasteiger partial charge in [0.15, 0.2) is 0 Å². The van der Waals surface area contributed by atoms with Gasteiger partial charge >= 0.3 is 5.97 Å². The van der Waals surface area contributed by atoms with Crippen LogP contribution in [0.25, 0.3) is 32.6 Å². The van der Waals surface area contributed by atoms with E-state index < -0.39 is 0 Å². The molecule has 0 amide bonds. The number of hydrogen-bond acceptors (Lipinski definition) is 3. The number of pyridine rings is 1. The van der Waals surface area contributed by atoms with Crippen LogP contribution < -0.4 is 4.74 Å². The Bertz CT molecular complexity index is 1300. The highest BCUT2D eigenvalue weighted by Crippen LogP contribution is 2.30. The molecule has 0 atom stereocenters. The van der Waals surface area contributed by atoms with E-state index in [0.29, 0.717) is 11.3 Å². The normalized spacial score (nSPS) is 11.1. The molecule has 0 fully saturated rings. The third-order valence-electron chi connectivity index (χ3n) is 4.71. The van der Waals surface area contributed by atoms with E-state index in [1.165, 1.54) is 0 Å². The van der Waals surface area contributed by atoms with Crippen LogP contribution in [-0.4, -0.2) is 11.0 Å². The predicted molar refractivity (Wildman–Crippen MR) is 108 cm³/mol. The molecule has 0 bridgehead atoms. The molecule has 0 saturated carbocycles. The van der Waals surface area contributed by atoms with Gasteiger partial charge < -0.3 is 4.74 Å². The molecular weight excluding hydrogens is 334 g/mol. The summed E-state index contributed by atoms with van der Waals surface area (Å²) in [5.74, 6) is 0.150. The van der Waals surface area contributed by atoms with Gasteiger partial charge in [0.1, 0.15) is 5.75 Å². The Morgan fingerprint density at radius 3 is 2.15 bits per heavy atom. The van der Waals surface area contributed by atoms with Crippen LogP contribution in [0.15, 0.2) is 91.0 Å². The summed E-state index contributed by atoms with van der Waals surface area (Å²) in [7, 11) is 0. The van der Waals surface area contributed by atoms with Crippen molar-refractivity contribution in [2.45, 2.75) is 0 Å². The number of benzene rings is 4. The molecule has 1 heterocycles. The molecule has 5 rings (SSSR count). The standard InChI is InChI=1S/C24H15NO2/c26-24(27-18-10-2-1-3-11-18)23-19-12-6-7-13-21(19)25-22-15-17-9-5-4-8-16(17)14-20(22)23/h1-15H. The second-order valence-corrected chi connectivity index (χ2v) is 6.42. The van der Waals surface area contributed by atoms with Crippen molar-refractivity contribution >= 4 is 38.5 Å². The highest BCUT2D eigenvalue weighted by molar-refractivity contribution is 6.16. The van der Waals surface area contributed by atoms with E-state index in [4.69, 9.17) is 9.72 Å². The van der Waals surface area contributed by atoms with Gasteiger partial charge in [-0.05, 0) is 41.1 Å². The van der Waals surface area contributed by atoms with Gasteiger partial charge in [0, 0.05) is 10.8 Å². The molecule has 3 nitrogen and oxygen atoms in total. The molecule has 128 valence electrons. The highest BCUT2D eigenvalue weighted by atomic mass is 16.5. The number of hydrogen-bond donors (Lipinski definition) is 0. The lowest BCUT2D eigenvalue weighted by atomic mass is 9.99. The Morgan fingerprint density at radius 1 is 0.667 bits per heavy atom. The Morgan fingerprint density at radius 2 is 1.33 bits per heavy atom. The molecule has 1 aromatic heterocycles. The fourth-order valence-electron chi connectivity index (χ4n) is 3.44. The van der Waals surface area contributed by atoms with E-state index in [2.05, 4.69) is 0 Å². The van der Waals surface area contributed by atoms with Crippen LogP contribution in [0.2, 0.25) is 0 Å². The van der Waals surface area contributed by atoms with E-state index in [-0.39, 0.29) is 5.97 Å². The topological polar surface area (TPSA) is 39.2 Å². The van der Waals surface area contributed by atoms with Crippen LogP contribution in [0.3, 0.4) is 0 Å². The molecule has 27 heavy (non-hydrogen) atoms. The second-order valence-electron chi connectivity index (χ2n) is 6.42. The van der Waals surface area contributed by atoms with Gasteiger partial charge in [0.25, 0.3) is 0 Å². The largest absolute Gasteiger partial charge is 0.423 e. The molecule has 5 aromatic rings. The fraction of sp³-hybridized carbons (Fsp3) is 0. The molecule has 4 aromatic carbocycles. The predicted octanol–water partition coefficient (Wildman–Crippen LogP) is 5.76. The van der Waals surface area contributed by atoms with E-state index in [0.717, 1.165) is 32.6 Å². The SMILES string of the molecule is O=C(Oc1ccccc1)c1c2ccccc2nc2cc3ccccc3cc12. The van der Waals surface area contributed by atoms with E-state index in [1.807, 2.05) is 78.9 Å². The number of aromatic nitrogens is 1. The monoisotopic (exact) mass is 349 g/mol. The van der Waals surface area contributed by atoms with Gasteiger partial charge in [0.2, 0.25) is 0 Å². The summed E-state index contributed by atoms with van der Waals surface area (Å²) in [6.07, 6.45) is 0. The summed E-state index contributed by atoms with van der Waals surface area (Å²) in [5.41, 5.74) is 2.11. The van der Waals surface area contributed by atoms with Gasteiger partial charge in [-0.15, -0.1) is 0 Å². The smallest absolute Gasteiger partial charge is 0.344 e. The first-order chi connectivity index (χ1) is 13.3. The van der Waals surface area contributed by atoms with Crippen LogP contribution >= 0.6 is 0 Å². The maximum atomic E-state index is 13.1. The molecule has 0 aliphatic rings. The van der Waals surface area contributed by atoms with Gasteiger partial charge in [0.05, 0.1) is 16.6 Å². The number of esters is 1. The quantitative estimate of drug-likeness (QED) is 0.231. The summed E-state index contributed by atoms with van der Waals surface area (Å²) in [6, 6.07) is 28.9. The van der Waals surface area contributed by atoms with Crippen LogP contribution in [-0.2, 0) is 0 Å². The molecule has 0 saturated heterocycles. The number of nitrogens with zero attached hydrogens (tertiary/aromatic N) is 1. The highest BCUT2D eigenvalue weighted by Gasteiger charge is 2.18. The first-order valence-electron chi connectivity index (χ1n) is 8.78. The van der Waals surface area contributed by atoms with Crippen molar-refractivity contribution in [3.8, 4) is 5.75 Å². The first kappa shape index (κ1) is 15.5. The van der Waals surface area contributed by atoms with Gasteiger partial charge in [-0.25, -0.2) is 9.78 Å². The lowest BCUT2D eigenvalue weighted by molar-refractivity contribution is 0.0739. The maximum Gasteiger partial charge on any atom is 0.344 e. The summed E-state index contributed by atoms with van der Waals surface area (Å²) in [4.78, 5) is 17.9. The van der Waals surface area contributed by atoms with Crippen LogP contribution in [0.4, 0.5) is 0 Å². The third-order valence-corrected chi connectivity index (χ3v) is 4.71. The molecular formula is C24H15NO2. The Balaban J connectivity index is 1.80. The fourth-order valence-corrected chi connectivity index (χ4v) is 3.44. The zero-order chi connectivity index (χ0) is 18.2. The zero-order valence-electron chi connectivity index (χ0n) is 14.4. The van der Waals surface area contributed by atoms with E-state index in [1.54, 1.807) is 12.1 Å².